The van der Waals surface area contributed by atoms with E-state index in [1.165, 1.54) is 6.07 Å². The lowest BCUT2D eigenvalue weighted by atomic mass is 9.97. The van der Waals surface area contributed by atoms with Gasteiger partial charge >= 0.3 is 0 Å². The van der Waals surface area contributed by atoms with Crippen molar-refractivity contribution in [2.24, 2.45) is 5.92 Å². The van der Waals surface area contributed by atoms with E-state index in [-0.39, 0.29) is 5.82 Å². The summed E-state index contributed by atoms with van der Waals surface area (Å²) >= 11 is 0. The lowest BCUT2D eigenvalue weighted by molar-refractivity contribution is 0.0836. The van der Waals surface area contributed by atoms with E-state index in [0.717, 1.165) is 63.1 Å². The van der Waals surface area contributed by atoms with Gasteiger partial charge in [-0.05, 0) is 82.8 Å². The fraction of sp³-hybridized carbons (Fsp3) is 0.519. The van der Waals surface area contributed by atoms with Crippen molar-refractivity contribution in [1.82, 2.24) is 14.8 Å². The second kappa shape index (κ2) is 10.2. The number of hydrogen-bond donors (Lipinski definition) is 0. The number of nitrogens with zero attached hydrogens (tertiary/aromatic N) is 3. The zero-order valence-corrected chi connectivity index (χ0v) is 19.8. The van der Waals surface area contributed by atoms with Crippen LogP contribution in [0.15, 0.2) is 43.1 Å². The molecule has 0 saturated carbocycles. The predicted octanol–water partition coefficient (Wildman–Crippen LogP) is 5.79. The molecule has 2 fully saturated rings. The van der Waals surface area contributed by atoms with Gasteiger partial charge in [-0.15, -0.1) is 0 Å². The van der Waals surface area contributed by atoms with Crippen molar-refractivity contribution in [2.45, 2.75) is 45.2 Å². The molecule has 0 N–H and O–H groups in total. The molecule has 0 radical (unpaired) electrons. The monoisotopic (exact) mass is 455 g/mol. The Hall–Kier alpha value is -2.47. The Bertz CT molecular complexity index is 941. The number of benzene rings is 1. The molecule has 4 rings (SSSR count). The van der Waals surface area contributed by atoms with Gasteiger partial charge in [0.25, 0.3) is 0 Å². The lowest BCUT2D eigenvalue weighted by Gasteiger charge is -2.34. The number of halogens is 2. The number of pyridine rings is 1. The summed E-state index contributed by atoms with van der Waals surface area (Å²) in [7, 11) is 0. The summed E-state index contributed by atoms with van der Waals surface area (Å²) in [5, 5.41) is 0. The van der Waals surface area contributed by atoms with Crippen molar-refractivity contribution in [3.8, 4) is 17.0 Å². The van der Waals surface area contributed by atoms with E-state index >= 15 is 0 Å². The maximum absolute atomic E-state index is 14.8. The molecule has 2 aliphatic rings. The quantitative estimate of drug-likeness (QED) is 0.504. The molecule has 0 bridgehead atoms. The molecule has 33 heavy (non-hydrogen) atoms. The number of alkyl halides is 1. The van der Waals surface area contributed by atoms with Gasteiger partial charge < -0.3 is 14.5 Å². The molecule has 1 aromatic carbocycles. The minimum Gasteiger partial charge on any atom is -0.492 e. The maximum atomic E-state index is 14.8. The molecule has 1 aromatic heterocycles. The number of aromatic nitrogens is 1. The van der Waals surface area contributed by atoms with Crippen molar-refractivity contribution < 1.29 is 13.5 Å². The van der Waals surface area contributed by atoms with Gasteiger partial charge in [0.15, 0.2) is 0 Å². The van der Waals surface area contributed by atoms with Crippen LogP contribution in [0.2, 0.25) is 0 Å². The largest absolute Gasteiger partial charge is 0.492 e. The normalized spacial score (nSPS) is 18.0. The lowest BCUT2D eigenvalue weighted by Crippen LogP contribution is -2.41. The fourth-order valence-corrected chi connectivity index (χ4v) is 4.76. The molecule has 2 saturated heterocycles. The Morgan fingerprint density at radius 2 is 1.85 bits per heavy atom. The predicted molar refractivity (Wildman–Crippen MR) is 129 cm³/mol. The maximum Gasteiger partial charge on any atom is 0.137 e. The van der Waals surface area contributed by atoms with E-state index in [1.807, 2.05) is 18.2 Å². The summed E-state index contributed by atoms with van der Waals surface area (Å²) in [5.74, 6) is 0.911. The molecule has 6 heteroatoms. The average molecular weight is 456 g/mol. The first-order chi connectivity index (χ1) is 15.8. The summed E-state index contributed by atoms with van der Waals surface area (Å²) in [5.41, 5.74) is 1.61. The Balaban J connectivity index is 1.30. The summed E-state index contributed by atoms with van der Waals surface area (Å²) in [4.78, 5) is 8.82. The number of rotatable bonds is 8. The highest BCUT2D eigenvalue weighted by atomic mass is 19.1. The second-order valence-electron chi connectivity index (χ2n) is 9.96. The molecule has 3 heterocycles. The second-order valence-corrected chi connectivity index (χ2v) is 9.96. The highest BCUT2D eigenvalue weighted by molar-refractivity contribution is 5.68. The standard InChI is InChI=1S/C27H35F2N3O/c1-20(32-12-4-5-13-32)24-8-6-22(16-25(24)28)26-9-7-23(17-30-26)33-18-21-10-14-31(15-11-21)19-27(2,3)29/h6-9,16-17,21H,1,4-5,10-15,18-19H2,2-3H3. The van der Waals surface area contributed by atoms with Crippen LogP contribution in [0.5, 0.6) is 5.75 Å². The fourth-order valence-electron chi connectivity index (χ4n) is 4.76. The van der Waals surface area contributed by atoms with Crippen molar-refractivity contribution >= 4 is 5.70 Å². The van der Waals surface area contributed by atoms with Gasteiger partial charge in [-0.1, -0.05) is 12.6 Å². The first kappa shape index (κ1) is 23.7. The first-order valence-electron chi connectivity index (χ1n) is 12.0. The van der Waals surface area contributed by atoms with E-state index in [9.17, 15) is 8.78 Å². The Labute approximate surface area is 196 Å². The molecular weight excluding hydrogens is 420 g/mol. The molecule has 0 aliphatic carbocycles. The molecular formula is C27H35F2N3O. The zero-order chi connectivity index (χ0) is 23.4. The number of hydrogen-bond acceptors (Lipinski definition) is 4. The highest BCUT2D eigenvalue weighted by Crippen LogP contribution is 2.28. The van der Waals surface area contributed by atoms with Crippen molar-refractivity contribution in [2.75, 3.05) is 39.3 Å². The third-order valence-electron chi connectivity index (χ3n) is 6.59. The van der Waals surface area contributed by atoms with Crippen LogP contribution in [0, 0.1) is 11.7 Å². The molecule has 2 aromatic rings. The topological polar surface area (TPSA) is 28.6 Å². The highest BCUT2D eigenvalue weighted by Gasteiger charge is 2.25. The van der Waals surface area contributed by atoms with Gasteiger partial charge in [0.2, 0.25) is 0 Å². The van der Waals surface area contributed by atoms with Crippen LogP contribution in [0.1, 0.15) is 45.1 Å². The molecule has 0 spiro atoms. The van der Waals surface area contributed by atoms with E-state index in [0.29, 0.717) is 36.1 Å². The van der Waals surface area contributed by atoms with Crippen molar-refractivity contribution in [3.05, 3.63) is 54.5 Å². The smallest absolute Gasteiger partial charge is 0.137 e. The van der Waals surface area contributed by atoms with Gasteiger partial charge in [-0.3, -0.25) is 4.98 Å². The minimum atomic E-state index is -1.15. The average Bonchev–Trinajstić information content (AvgIpc) is 3.32. The van der Waals surface area contributed by atoms with Gasteiger partial charge in [0, 0.05) is 36.5 Å². The van der Waals surface area contributed by atoms with E-state index in [4.69, 9.17) is 4.74 Å². The molecule has 0 amide bonds. The number of likely N-dealkylation sites (tertiary alicyclic amines) is 2. The van der Waals surface area contributed by atoms with Crippen molar-refractivity contribution in [3.63, 3.8) is 0 Å². The van der Waals surface area contributed by atoms with Gasteiger partial charge in [-0.25, -0.2) is 8.78 Å². The molecule has 178 valence electrons. The summed E-state index contributed by atoms with van der Waals surface area (Å²) in [6, 6.07) is 8.98. The van der Waals surface area contributed by atoms with Gasteiger partial charge in [-0.2, -0.15) is 0 Å². The molecule has 4 nitrogen and oxygen atoms in total. The van der Waals surface area contributed by atoms with Crippen LogP contribution < -0.4 is 4.74 Å². The summed E-state index contributed by atoms with van der Waals surface area (Å²) in [6.45, 7) is 12.2. The van der Waals surface area contributed by atoms with Crippen LogP contribution in [0.3, 0.4) is 0 Å². The third kappa shape index (κ3) is 6.32. The summed E-state index contributed by atoms with van der Waals surface area (Å²) in [6.07, 6.45) is 5.98. The van der Waals surface area contributed by atoms with E-state index < -0.39 is 5.67 Å². The Kier molecular flexibility index (Phi) is 7.32. The Morgan fingerprint density at radius 1 is 1.12 bits per heavy atom. The zero-order valence-electron chi connectivity index (χ0n) is 19.8. The van der Waals surface area contributed by atoms with Crippen LogP contribution in [0.4, 0.5) is 8.78 Å². The third-order valence-corrected chi connectivity index (χ3v) is 6.59. The first-order valence-corrected chi connectivity index (χ1v) is 12.0. The van der Waals surface area contributed by atoms with Crippen molar-refractivity contribution in [1.29, 1.82) is 0 Å². The van der Waals surface area contributed by atoms with Crippen LogP contribution >= 0.6 is 0 Å². The van der Waals surface area contributed by atoms with E-state index in [1.54, 1.807) is 26.1 Å². The molecule has 0 unspecified atom stereocenters. The molecule has 2 aliphatic heterocycles. The Morgan fingerprint density at radius 3 is 2.45 bits per heavy atom. The van der Waals surface area contributed by atoms with Crippen LogP contribution in [0.25, 0.3) is 17.0 Å². The summed E-state index contributed by atoms with van der Waals surface area (Å²) < 4.78 is 34.6. The van der Waals surface area contributed by atoms with Crippen LogP contribution in [-0.2, 0) is 0 Å². The van der Waals surface area contributed by atoms with Crippen LogP contribution in [-0.4, -0.2) is 59.8 Å². The number of piperidine rings is 1. The van der Waals surface area contributed by atoms with E-state index in [2.05, 4.69) is 21.4 Å². The number of ether oxygens (including phenoxy) is 1. The minimum absolute atomic E-state index is 0.269. The SMILES string of the molecule is C=C(c1ccc(-c2ccc(OCC3CCN(CC(C)(C)F)CC3)cn2)cc1F)N1CCCC1. The van der Waals surface area contributed by atoms with Gasteiger partial charge in [0.05, 0.1) is 18.5 Å². The van der Waals surface area contributed by atoms with Gasteiger partial charge in [0.1, 0.15) is 17.2 Å². The molecule has 0 atom stereocenters.